The minimum atomic E-state index is -0.163. The molecule has 0 bridgehead atoms. The lowest BCUT2D eigenvalue weighted by atomic mass is 10.3. The van der Waals surface area contributed by atoms with Crippen molar-refractivity contribution in [1.29, 1.82) is 0 Å². The van der Waals surface area contributed by atoms with Gasteiger partial charge in [-0.1, -0.05) is 11.8 Å². The summed E-state index contributed by atoms with van der Waals surface area (Å²) in [5.74, 6) is 0.743. The van der Waals surface area contributed by atoms with E-state index in [9.17, 15) is 4.79 Å². The standard InChI is InChI=1S/C12H15N5O3S/c1-20-10-4-2-9(3-5-10)13-11(19)8-21-12-14-15-16-17(12)6-7-18/h2-5,18H,6-8H2,1H3,(H,13,19). The Kier molecular flexibility index (Phi) is 5.52. The number of aliphatic hydroxyl groups excluding tert-OH is 1. The lowest BCUT2D eigenvalue weighted by molar-refractivity contribution is -0.113. The molecule has 1 amide bonds. The molecular formula is C12H15N5O3S. The molecule has 1 aromatic heterocycles. The summed E-state index contributed by atoms with van der Waals surface area (Å²) in [6.07, 6.45) is 0. The number of rotatable bonds is 7. The molecule has 2 N–H and O–H groups in total. The van der Waals surface area contributed by atoms with Crippen LogP contribution in [-0.4, -0.2) is 50.7 Å². The van der Waals surface area contributed by atoms with Crippen molar-refractivity contribution >= 4 is 23.4 Å². The number of methoxy groups -OCH3 is 1. The Morgan fingerprint density at radius 3 is 2.86 bits per heavy atom. The van der Waals surface area contributed by atoms with Gasteiger partial charge in [-0.15, -0.1) is 5.10 Å². The second kappa shape index (κ2) is 7.60. The summed E-state index contributed by atoms with van der Waals surface area (Å²) < 4.78 is 6.49. The van der Waals surface area contributed by atoms with Crippen LogP contribution in [0.4, 0.5) is 5.69 Å². The topological polar surface area (TPSA) is 102 Å². The number of hydrogen-bond donors (Lipinski definition) is 2. The molecule has 21 heavy (non-hydrogen) atoms. The number of thioether (sulfide) groups is 1. The average molecular weight is 309 g/mol. The molecule has 0 radical (unpaired) electrons. The summed E-state index contributed by atoms with van der Waals surface area (Å²) in [6.45, 7) is 0.242. The highest BCUT2D eigenvalue weighted by Gasteiger charge is 2.09. The summed E-state index contributed by atoms with van der Waals surface area (Å²) >= 11 is 1.21. The largest absolute Gasteiger partial charge is 0.497 e. The van der Waals surface area contributed by atoms with Crippen molar-refractivity contribution in [3.63, 3.8) is 0 Å². The number of tetrazole rings is 1. The zero-order valence-corrected chi connectivity index (χ0v) is 12.2. The molecule has 112 valence electrons. The minimum Gasteiger partial charge on any atom is -0.497 e. The van der Waals surface area contributed by atoms with Gasteiger partial charge in [0.05, 0.1) is 26.0 Å². The molecule has 9 heteroatoms. The van der Waals surface area contributed by atoms with Crippen LogP contribution in [0, 0.1) is 0 Å². The smallest absolute Gasteiger partial charge is 0.234 e. The van der Waals surface area contributed by atoms with Gasteiger partial charge in [-0.3, -0.25) is 4.79 Å². The fraction of sp³-hybridized carbons (Fsp3) is 0.333. The van der Waals surface area contributed by atoms with Crippen LogP contribution >= 0.6 is 11.8 Å². The molecule has 0 saturated heterocycles. The second-order valence-corrected chi connectivity index (χ2v) is 4.92. The van der Waals surface area contributed by atoms with E-state index in [-0.39, 0.29) is 18.3 Å². The first-order chi connectivity index (χ1) is 10.2. The number of aliphatic hydroxyl groups is 1. The molecule has 0 spiro atoms. The summed E-state index contributed by atoms with van der Waals surface area (Å²) in [4.78, 5) is 11.8. The van der Waals surface area contributed by atoms with E-state index in [1.165, 1.54) is 16.4 Å². The molecule has 2 aromatic rings. The molecule has 0 aliphatic rings. The first kappa shape index (κ1) is 15.3. The van der Waals surface area contributed by atoms with Gasteiger partial charge in [0, 0.05) is 5.69 Å². The van der Waals surface area contributed by atoms with Crippen molar-refractivity contribution in [3.05, 3.63) is 24.3 Å². The lowest BCUT2D eigenvalue weighted by Crippen LogP contribution is -2.15. The van der Waals surface area contributed by atoms with E-state index in [1.54, 1.807) is 31.4 Å². The molecule has 0 saturated carbocycles. The average Bonchev–Trinajstić information content (AvgIpc) is 2.94. The number of benzene rings is 1. The number of amides is 1. The van der Waals surface area contributed by atoms with Crippen LogP contribution in [0.3, 0.4) is 0 Å². The van der Waals surface area contributed by atoms with Crippen molar-refractivity contribution in [2.24, 2.45) is 0 Å². The van der Waals surface area contributed by atoms with Crippen LogP contribution in [-0.2, 0) is 11.3 Å². The maximum absolute atomic E-state index is 11.8. The van der Waals surface area contributed by atoms with Gasteiger partial charge in [0.25, 0.3) is 0 Å². The number of carbonyl (C=O) groups excluding carboxylic acids is 1. The van der Waals surface area contributed by atoms with E-state index in [0.717, 1.165) is 5.75 Å². The summed E-state index contributed by atoms with van der Waals surface area (Å²) in [6, 6.07) is 7.06. The van der Waals surface area contributed by atoms with Gasteiger partial charge in [-0.05, 0) is 34.7 Å². The third kappa shape index (κ3) is 4.43. The van der Waals surface area contributed by atoms with Crippen LogP contribution in [0.15, 0.2) is 29.4 Å². The Bertz CT molecular complexity index is 587. The summed E-state index contributed by atoms with van der Waals surface area (Å²) in [5.41, 5.74) is 0.691. The zero-order valence-electron chi connectivity index (χ0n) is 11.4. The summed E-state index contributed by atoms with van der Waals surface area (Å²) in [7, 11) is 1.58. The quantitative estimate of drug-likeness (QED) is 0.714. The number of aromatic nitrogens is 4. The number of nitrogens with zero attached hydrogens (tertiary/aromatic N) is 4. The Morgan fingerprint density at radius 1 is 1.43 bits per heavy atom. The molecule has 2 rings (SSSR count). The van der Waals surface area contributed by atoms with E-state index >= 15 is 0 Å². The SMILES string of the molecule is COc1ccc(NC(=O)CSc2nnnn2CCO)cc1. The zero-order chi connectivity index (χ0) is 15.1. The van der Waals surface area contributed by atoms with Gasteiger partial charge < -0.3 is 15.2 Å². The van der Waals surface area contributed by atoms with Gasteiger partial charge in [0.1, 0.15) is 5.75 Å². The van der Waals surface area contributed by atoms with Crippen molar-refractivity contribution in [1.82, 2.24) is 20.2 Å². The number of anilines is 1. The van der Waals surface area contributed by atoms with E-state index in [4.69, 9.17) is 9.84 Å². The van der Waals surface area contributed by atoms with E-state index < -0.39 is 0 Å². The maximum Gasteiger partial charge on any atom is 0.234 e. The van der Waals surface area contributed by atoms with Gasteiger partial charge in [0.2, 0.25) is 11.1 Å². The highest BCUT2D eigenvalue weighted by molar-refractivity contribution is 7.99. The van der Waals surface area contributed by atoms with Crippen LogP contribution in [0.5, 0.6) is 5.75 Å². The normalized spacial score (nSPS) is 10.4. The molecule has 0 unspecified atom stereocenters. The highest BCUT2D eigenvalue weighted by Crippen LogP contribution is 2.17. The highest BCUT2D eigenvalue weighted by atomic mass is 32.2. The van der Waals surface area contributed by atoms with Crippen molar-refractivity contribution in [3.8, 4) is 5.75 Å². The third-order valence-corrected chi connectivity index (χ3v) is 3.47. The molecule has 8 nitrogen and oxygen atoms in total. The maximum atomic E-state index is 11.8. The summed E-state index contributed by atoms with van der Waals surface area (Å²) in [5, 5.41) is 23.1. The fourth-order valence-corrected chi connectivity index (χ4v) is 2.24. The van der Waals surface area contributed by atoms with Gasteiger partial charge in [-0.25, -0.2) is 4.68 Å². The van der Waals surface area contributed by atoms with Crippen molar-refractivity contribution in [2.45, 2.75) is 11.7 Å². The van der Waals surface area contributed by atoms with Gasteiger partial charge in [-0.2, -0.15) is 0 Å². The van der Waals surface area contributed by atoms with Gasteiger partial charge >= 0.3 is 0 Å². The first-order valence-electron chi connectivity index (χ1n) is 6.16. The molecule has 1 aromatic carbocycles. The fourth-order valence-electron chi connectivity index (χ4n) is 1.54. The van der Waals surface area contributed by atoms with Crippen LogP contribution in [0.2, 0.25) is 0 Å². The monoisotopic (exact) mass is 309 g/mol. The van der Waals surface area contributed by atoms with Gasteiger partial charge in [0.15, 0.2) is 0 Å². The Balaban J connectivity index is 1.85. The third-order valence-electron chi connectivity index (χ3n) is 2.52. The lowest BCUT2D eigenvalue weighted by Gasteiger charge is -2.06. The van der Waals surface area contributed by atoms with E-state index in [1.807, 2.05) is 0 Å². The van der Waals surface area contributed by atoms with Crippen molar-refractivity contribution in [2.75, 3.05) is 24.8 Å². The Labute approximate surface area is 125 Å². The Morgan fingerprint density at radius 2 is 2.19 bits per heavy atom. The van der Waals surface area contributed by atoms with E-state index in [0.29, 0.717) is 17.4 Å². The predicted molar refractivity (Wildman–Crippen MR) is 77.3 cm³/mol. The van der Waals surface area contributed by atoms with E-state index in [2.05, 4.69) is 20.8 Å². The molecule has 0 aliphatic carbocycles. The predicted octanol–water partition coefficient (Wildman–Crippen LogP) is 0.405. The number of carbonyl (C=O) groups is 1. The Hall–Kier alpha value is -2.13. The molecule has 0 fully saturated rings. The second-order valence-electron chi connectivity index (χ2n) is 3.97. The van der Waals surface area contributed by atoms with Crippen LogP contribution in [0.25, 0.3) is 0 Å². The van der Waals surface area contributed by atoms with Crippen LogP contribution < -0.4 is 10.1 Å². The molecule has 1 heterocycles. The molecular weight excluding hydrogens is 294 g/mol. The number of nitrogens with one attached hydrogen (secondary N) is 1. The molecule has 0 aliphatic heterocycles. The van der Waals surface area contributed by atoms with Crippen molar-refractivity contribution < 1.29 is 14.6 Å². The minimum absolute atomic E-state index is 0.0589. The number of hydrogen-bond acceptors (Lipinski definition) is 7. The number of ether oxygens (including phenoxy) is 1. The molecule has 0 atom stereocenters. The van der Waals surface area contributed by atoms with Crippen LogP contribution in [0.1, 0.15) is 0 Å². The first-order valence-corrected chi connectivity index (χ1v) is 7.15.